The molecule has 0 bridgehead atoms. The summed E-state index contributed by atoms with van der Waals surface area (Å²) in [6.45, 7) is -0.307. The summed E-state index contributed by atoms with van der Waals surface area (Å²) in [6, 6.07) is 9.67. The lowest BCUT2D eigenvalue weighted by Gasteiger charge is -2.03. The summed E-state index contributed by atoms with van der Waals surface area (Å²) in [5.41, 5.74) is 0.499. The van der Waals surface area contributed by atoms with Crippen LogP contribution < -0.4 is 5.56 Å². The molecule has 0 aliphatic heterocycles. The van der Waals surface area contributed by atoms with Gasteiger partial charge in [0.25, 0.3) is 11.4 Å². The normalized spacial score (nSPS) is 10.6. The lowest BCUT2D eigenvalue weighted by Crippen LogP contribution is -2.26. The number of carbonyl (C=O) groups excluding carboxylic acids is 1. The van der Waals surface area contributed by atoms with Crippen molar-refractivity contribution in [2.24, 2.45) is 0 Å². The second kappa shape index (κ2) is 6.63. The molecule has 9 heteroatoms. The molecule has 0 radical (unpaired) electrons. The van der Waals surface area contributed by atoms with E-state index in [2.05, 4.69) is 20.0 Å². The molecule has 0 atom stereocenters. The maximum Gasteiger partial charge on any atom is 0.327 e. The summed E-state index contributed by atoms with van der Waals surface area (Å²) in [7, 11) is 1.23. The molecular formula is C15H11ClN4O4. The van der Waals surface area contributed by atoms with Crippen LogP contribution in [0.5, 0.6) is 0 Å². The van der Waals surface area contributed by atoms with Crippen LogP contribution in [0.3, 0.4) is 0 Å². The molecule has 0 saturated carbocycles. The second-order valence-electron chi connectivity index (χ2n) is 4.72. The molecule has 24 heavy (non-hydrogen) atoms. The van der Waals surface area contributed by atoms with E-state index >= 15 is 0 Å². The molecule has 122 valence electrons. The van der Waals surface area contributed by atoms with Gasteiger partial charge in [0.1, 0.15) is 12.2 Å². The number of benzene rings is 1. The third kappa shape index (κ3) is 3.33. The second-order valence-corrected chi connectivity index (χ2v) is 5.16. The van der Waals surface area contributed by atoms with Gasteiger partial charge in [0.2, 0.25) is 5.82 Å². The predicted octanol–water partition coefficient (Wildman–Crippen LogP) is 1.79. The van der Waals surface area contributed by atoms with Crippen LogP contribution in [0.2, 0.25) is 5.02 Å². The molecule has 3 rings (SSSR count). The highest BCUT2D eigenvalue weighted by Gasteiger charge is 2.14. The number of hydrogen-bond acceptors (Lipinski definition) is 7. The number of aromatic nitrogens is 4. The number of esters is 1. The van der Waals surface area contributed by atoms with Crippen molar-refractivity contribution < 1.29 is 14.1 Å². The smallest absolute Gasteiger partial charge is 0.327 e. The summed E-state index contributed by atoms with van der Waals surface area (Å²) < 4.78 is 10.7. The van der Waals surface area contributed by atoms with E-state index in [0.717, 1.165) is 4.68 Å². The largest absolute Gasteiger partial charge is 0.468 e. The Morgan fingerprint density at radius 1 is 1.33 bits per heavy atom. The first-order valence-electron chi connectivity index (χ1n) is 6.82. The summed E-state index contributed by atoms with van der Waals surface area (Å²) in [5, 5.41) is 8.45. The number of rotatable bonds is 4. The number of ether oxygens (including phenoxy) is 1. The van der Waals surface area contributed by atoms with Crippen LogP contribution in [0.1, 0.15) is 0 Å². The Hall–Kier alpha value is -3.00. The summed E-state index contributed by atoms with van der Waals surface area (Å²) in [5.74, 6) is -0.143. The van der Waals surface area contributed by atoms with E-state index in [1.165, 1.54) is 19.2 Å². The molecular weight excluding hydrogens is 336 g/mol. The maximum atomic E-state index is 11.7. The van der Waals surface area contributed by atoms with Gasteiger partial charge < -0.3 is 9.26 Å². The molecule has 0 fully saturated rings. The lowest BCUT2D eigenvalue weighted by atomic mass is 10.2. The van der Waals surface area contributed by atoms with Gasteiger partial charge in [-0.2, -0.15) is 10.1 Å². The molecule has 0 spiro atoms. The van der Waals surface area contributed by atoms with E-state index in [1.807, 2.05) is 0 Å². The Kier molecular flexibility index (Phi) is 4.39. The molecule has 0 aliphatic carbocycles. The van der Waals surface area contributed by atoms with Gasteiger partial charge in [-0.1, -0.05) is 28.9 Å². The number of hydrogen-bond donors (Lipinski definition) is 0. The molecule has 1 aromatic carbocycles. The first-order chi connectivity index (χ1) is 11.6. The van der Waals surface area contributed by atoms with Crippen molar-refractivity contribution in [2.75, 3.05) is 7.11 Å². The summed E-state index contributed by atoms with van der Waals surface area (Å²) in [6.07, 6.45) is 0. The zero-order chi connectivity index (χ0) is 17.1. The van der Waals surface area contributed by atoms with Crippen LogP contribution in [0, 0.1) is 0 Å². The van der Waals surface area contributed by atoms with Crippen LogP contribution >= 0.6 is 11.6 Å². The number of carbonyl (C=O) groups is 1. The first-order valence-corrected chi connectivity index (χ1v) is 7.19. The van der Waals surface area contributed by atoms with Crippen molar-refractivity contribution in [3.63, 3.8) is 0 Å². The molecule has 0 saturated heterocycles. The maximum absolute atomic E-state index is 11.7. The highest BCUT2D eigenvalue weighted by molar-refractivity contribution is 6.30. The minimum atomic E-state index is -0.591. The molecule has 0 amide bonds. The molecule has 2 heterocycles. The average Bonchev–Trinajstić information content (AvgIpc) is 3.07. The van der Waals surface area contributed by atoms with Crippen LogP contribution in [-0.4, -0.2) is 33.0 Å². The Morgan fingerprint density at radius 2 is 2.17 bits per heavy atom. The van der Waals surface area contributed by atoms with E-state index in [-0.39, 0.29) is 18.1 Å². The van der Waals surface area contributed by atoms with Gasteiger partial charge in [-0.05, 0) is 18.2 Å². The topological polar surface area (TPSA) is 100 Å². The van der Waals surface area contributed by atoms with Crippen LogP contribution in [-0.2, 0) is 16.1 Å². The van der Waals surface area contributed by atoms with Gasteiger partial charge in [-0.15, -0.1) is 0 Å². The molecule has 0 aliphatic rings. The molecule has 2 aromatic heterocycles. The van der Waals surface area contributed by atoms with Gasteiger partial charge in [-0.3, -0.25) is 9.59 Å². The quantitative estimate of drug-likeness (QED) is 0.664. The van der Waals surface area contributed by atoms with E-state index < -0.39 is 11.5 Å². The Labute approximate surface area is 140 Å². The van der Waals surface area contributed by atoms with Gasteiger partial charge in [0, 0.05) is 16.7 Å². The summed E-state index contributed by atoms with van der Waals surface area (Å²) in [4.78, 5) is 27.3. The predicted molar refractivity (Wildman–Crippen MR) is 84.3 cm³/mol. The van der Waals surface area contributed by atoms with E-state index in [9.17, 15) is 9.59 Å². The van der Waals surface area contributed by atoms with Crippen molar-refractivity contribution in [3.05, 3.63) is 51.8 Å². The first kappa shape index (κ1) is 15.9. The highest BCUT2D eigenvalue weighted by Crippen LogP contribution is 2.22. The zero-order valence-electron chi connectivity index (χ0n) is 12.5. The monoisotopic (exact) mass is 346 g/mol. The summed E-state index contributed by atoms with van der Waals surface area (Å²) >= 11 is 5.94. The minimum Gasteiger partial charge on any atom is -0.468 e. The zero-order valence-corrected chi connectivity index (χ0v) is 13.2. The Balaban J connectivity index is 1.94. The van der Waals surface area contributed by atoms with E-state index in [4.69, 9.17) is 16.1 Å². The molecule has 0 N–H and O–H groups in total. The molecule has 0 unspecified atom stereocenters. The van der Waals surface area contributed by atoms with Crippen molar-refractivity contribution in [3.8, 4) is 23.0 Å². The lowest BCUT2D eigenvalue weighted by molar-refractivity contribution is -0.141. The number of halogens is 1. The van der Waals surface area contributed by atoms with Crippen molar-refractivity contribution in [2.45, 2.75) is 6.54 Å². The van der Waals surface area contributed by atoms with Crippen LogP contribution in [0.4, 0.5) is 0 Å². The number of nitrogens with zero attached hydrogens (tertiary/aromatic N) is 4. The fourth-order valence-corrected chi connectivity index (χ4v) is 2.13. The SMILES string of the molecule is COC(=O)Cn1nc(-c2nc(-c3cccc(Cl)c3)no2)ccc1=O. The van der Waals surface area contributed by atoms with Gasteiger partial charge in [-0.25, -0.2) is 4.68 Å². The van der Waals surface area contributed by atoms with Crippen molar-refractivity contribution in [1.29, 1.82) is 0 Å². The van der Waals surface area contributed by atoms with E-state index in [1.54, 1.807) is 24.3 Å². The fraction of sp³-hybridized carbons (Fsp3) is 0.133. The van der Waals surface area contributed by atoms with Gasteiger partial charge in [0.15, 0.2) is 0 Å². The fourth-order valence-electron chi connectivity index (χ4n) is 1.94. The standard InChI is InChI=1S/C15H11ClN4O4/c1-23-13(22)8-20-12(21)6-5-11(18-20)15-17-14(19-24-15)9-3-2-4-10(16)7-9/h2-7H,8H2,1H3. The highest BCUT2D eigenvalue weighted by atomic mass is 35.5. The minimum absolute atomic E-state index is 0.114. The Morgan fingerprint density at radius 3 is 2.92 bits per heavy atom. The van der Waals surface area contributed by atoms with Crippen molar-refractivity contribution in [1.82, 2.24) is 19.9 Å². The Bertz CT molecular complexity index is 950. The van der Waals surface area contributed by atoms with Crippen LogP contribution in [0.25, 0.3) is 23.0 Å². The van der Waals surface area contributed by atoms with Crippen LogP contribution in [0.15, 0.2) is 45.7 Å². The van der Waals surface area contributed by atoms with E-state index in [0.29, 0.717) is 16.4 Å². The average molecular weight is 347 g/mol. The third-order valence-electron chi connectivity index (χ3n) is 3.10. The molecule has 3 aromatic rings. The molecule has 8 nitrogen and oxygen atoms in total. The van der Waals surface area contributed by atoms with Gasteiger partial charge >= 0.3 is 5.97 Å². The van der Waals surface area contributed by atoms with Crippen molar-refractivity contribution >= 4 is 17.6 Å². The third-order valence-corrected chi connectivity index (χ3v) is 3.34. The number of methoxy groups -OCH3 is 1. The van der Waals surface area contributed by atoms with Gasteiger partial charge in [0.05, 0.1) is 7.11 Å².